The summed E-state index contributed by atoms with van der Waals surface area (Å²) in [7, 11) is 0. The summed E-state index contributed by atoms with van der Waals surface area (Å²) < 4.78 is 11.1. The number of nitrogens with two attached hydrogens (primary N) is 1. The smallest absolute Gasteiger partial charge is 0.375 e. The van der Waals surface area contributed by atoms with Gasteiger partial charge in [0.25, 0.3) is 5.91 Å². The molecule has 2 aromatic carbocycles. The number of hydrogen-bond donors (Lipinski definition) is 1. The number of carbonyl (C=O) groups excluding carboxylic acids is 2. The number of amides is 1. The zero-order valence-corrected chi connectivity index (χ0v) is 13.9. The van der Waals surface area contributed by atoms with Crippen molar-refractivity contribution in [3.63, 3.8) is 0 Å². The highest BCUT2D eigenvalue weighted by Crippen LogP contribution is 2.40. The van der Waals surface area contributed by atoms with Gasteiger partial charge in [0.1, 0.15) is 5.58 Å². The van der Waals surface area contributed by atoms with Crippen LogP contribution in [-0.2, 0) is 21.6 Å². The van der Waals surface area contributed by atoms with Crippen LogP contribution in [0.5, 0.6) is 0 Å². The second kappa shape index (κ2) is 5.63. The van der Waals surface area contributed by atoms with Crippen molar-refractivity contribution in [3.8, 4) is 0 Å². The minimum atomic E-state index is -1.47. The van der Waals surface area contributed by atoms with Crippen molar-refractivity contribution in [2.45, 2.75) is 18.4 Å². The fourth-order valence-corrected chi connectivity index (χ4v) is 3.49. The molecule has 1 aromatic heterocycles. The van der Waals surface area contributed by atoms with Crippen LogP contribution >= 0.6 is 11.6 Å². The highest BCUT2D eigenvalue weighted by molar-refractivity contribution is 6.31. The van der Waals surface area contributed by atoms with E-state index in [9.17, 15) is 9.59 Å². The number of rotatable bonds is 3. The largest absolute Gasteiger partial charge is 0.449 e. The lowest BCUT2D eigenvalue weighted by molar-refractivity contribution is -0.138. The lowest BCUT2D eigenvalue weighted by Gasteiger charge is -2.26. The van der Waals surface area contributed by atoms with E-state index in [2.05, 4.69) is 0 Å². The summed E-state index contributed by atoms with van der Waals surface area (Å²) in [6.07, 6.45) is 0.932. The van der Waals surface area contributed by atoms with E-state index >= 15 is 0 Å². The fraction of sp³-hybridized carbons (Fsp3) is 0.158. The molecule has 0 saturated heterocycles. The molecule has 0 spiro atoms. The van der Waals surface area contributed by atoms with Gasteiger partial charge in [0, 0.05) is 22.4 Å². The zero-order valence-electron chi connectivity index (χ0n) is 13.1. The monoisotopic (exact) mass is 355 g/mol. The first-order valence-electron chi connectivity index (χ1n) is 7.80. The van der Waals surface area contributed by atoms with Gasteiger partial charge in [-0.3, -0.25) is 4.79 Å². The van der Waals surface area contributed by atoms with Gasteiger partial charge in [-0.2, -0.15) is 0 Å². The second-order valence-electron chi connectivity index (χ2n) is 6.03. The third kappa shape index (κ3) is 2.48. The van der Waals surface area contributed by atoms with Gasteiger partial charge in [-0.15, -0.1) is 0 Å². The van der Waals surface area contributed by atoms with Gasteiger partial charge in [0.2, 0.25) is 11.4 Å². The van der Waals surface area contributed by atoms with Crippen molar-refractivity contribution in [3.05, 3.63) is 70.4 Å². The summed E-state index contributed by atoms with van der Waals surface area (Å²) >= 11 is 5.95. The van der Waals surface area contributed by atoms with E-state index in [4.69, 9.17) is 26.5 Å². The molecular formula is C19H14ClNO4. The molecule has 0 aliphatic heterocycles. The summed E-state index contributed by atoms with van der Waals surface area (Å²) in [5.74, 6) is -1.42. The summed E-state index contributed by atoms with van der Waals surface area (Å²) in [6.45, 7) is 0. The number of esters is 1. The molecule has 1 amide bonds. The Balaban J connectivity index is 1.71. The predicted molar refractivity (Wildman–Crippen MR) is 92.3 cm³/mol. The first-order chi connectivity index (χ1) is 12.0. The normalized spacial score (nSPS) is 18.9. The van der Waals surface area contributed by atoms with E-state index < -0.39 is 17.5 Å². The Bertz CT molecular complexity index is 1010. The molecule has 1 heterocycles. The SMILES string of the molecule is NC(=O)C1(OC(=O)c2cc3cc(Cl)ccc3o2)CCc2ccccc21. The Kier molecular flexibility index (Phi) is 3.54. The van der Waals surface area contributed by atoms with Gasteiger partial charge in [-0.1, -0.05) is 35.9 Å². The van der Waals surface area contributed by atoms with Crippen molar-refractivity contribution >= 4 is 34.4 Å². The van der Waals surface area contributed by atoms with Gasteiger partial charge in [0.15, 0.2) is 0 Å². The first-order valence-corrected chi connectivity index (χ1v) is 8.18. The lowest BCUT2D eigenvalue weighted by Crippen LogP contribution is -2.43. The molecule has 5 nitrogen and oxygen atoms in total. The Hall–Kier alpha value is -2.79. The maximum atomic E-state index is 12.6. The minimum Gasteiger partial charge on any atom is -0.449 e. The summed E-state index contributed by atoms with van der Waals surface area (Å²) in [5.41, 5.74) is 6.23. The summed E-state index contributed by atoms with van der Waals surface area (Å²) in [4.78, 5) is 24.8. The first kappa shape index (κ1) is 15.7. The topological polar surface area (TPSA) is 82.5 Å². The second-order valence-corrected chi connectivity index (χ2v) is 6.47. The van der Waals surface area contributed by atoms with E-state index in [1.165, 1.54) is 0 Å². The minimum absolute atomic E-state index is 0.00210. The molecule has 2 N–H and O–H groups in total. The molecule has 1 aliphatic rings. The molecule has 126 valence electrons. The van der Waals surface area contributed by atoms with Gasteiger partial charge >= 0.3 is 5.97 Å². The third-order valence-corrected chi connectivity index (χ3v) is 4.78. The zero-order chi connectivity index (χ0) is 17.6. The third-order valence-electron chi connectivity index (χ3n) is 4.54. The van der Waals surface area contributed by atoms with Crippen LogP contribution in [0.2, 0.25) is 5.02 Å². The Morgan fingerprint density at radius 2 is 1.96 bits per heavy atom. The highest BCUT2D eigenvalue weighted by Gasteiger charge is 2.48. The molecule has 1 unspecified atom stereocenters. The molecule has 1 atom stereocenters. The van der Waals surface area contributed by atoms with Crippen LogP contribution in [0.4, 0.5) is 0 Å². The summed E-state index contributed by atoms with van der Waals surface area (Å²) in [6, 6.07) is 13.9. The molecule has 0 bridgehead atoms. The van der Waals surface area contributed by atoms with Crippen LogP contribution < -0.4 is 5.73 Å². The molecule has 25 heavy (non-hydrogen) atoms. The number of aryl methyl sites for hydroxylation is 1. The van der Waals surface area contributed by atoms with E-state index in [-0.39, 0.29) is 5.76 Å². The van der Waals surface area contributed by atoms with Gasteiger partial charge < -0.3 is 14.9 Å². The van der Waals surface area contributed by atoms with E-state index in [1.54, 1.807) is 36.4 Å². The van der Waals surface area contributed by atoms with Crippen molar-refractivity contribution < 1.29 is 18.7 Å². The number of furan rings is 1. The molecule has 6 heteroatoms. The number of benzene rings is 2. The molecular weight excluding hydrogens is 342 g/mol. The average Bonchev–Trinajstić information content (AvgIpc) is 3.17. The van der Waals surface area contributed by atoms with Crippen molar-refractivity contribution in [2.75, 3.05) is 0 Å². The maximum absolute atomic E-state index is 12.6. The molecule has 0 saturated carbocycles. The number of hydrogen-bond acceptors (Lipinski definition) is 4. The number of ether oxygens (including phenoxy) is 1. The van der Waals surface area contributed by atoms with Gasteiger partial charge in [-0.05, 0) is 36.2 Å². The molecule has 4 rings (SSSR count). The molecule has 3 aromatic rings. The van der Waals surface area contributed by atoms with Gasteiger partial charge in [0.05, 0.1) is 0 Å². The van der Waals surface area contributed by atoms with Crippen LogP contribution in [0.1, 0.15) is 28.1 Å². The summed E-state index contributed by atoms with van der Waals surface area (Å²) in [5, 5.41) is 1.21. The van der Waals surface area contributed by atoms with E-state index in [1.807, 2.05) is 12.1 Å². The number of carbonyl (C=O) groups is 2. The number of primary amides is 1. The van der Waals surface area contributed by atoms with Crippen LogP contribution in [0.3, 0.4) is 0 Å². The molecule has 1 aliphatic carbocycles. The predicted octanol–water partition coefficient (Wildman–Crippen LogP) is 3.57. The van der Waals surface area contributed by atoms with Crippen LogP contribution in [0.25, 0.3) is 11.0 Å². The van der Waals surface area contributed by atoms with Crippen molar-refractivity contribution in [1.29, 1.82) is 0 Å². The number of fused-ring (bicyclic) bond motifs is 2. The lowest BCUT2D eigenvalue weighted by atomic mass is 9.95. The Labute approximate surface area is 148 Å². The molecule has 0 radical (unpaired) electrons. The van der Waals surface area contributed by atoms with Crippen molar-refractivity contribution in [1.82, 2.24) is 0 Å². The Morgan fingerprint density at radius 3 is 2.76 bits per heavy atom. The van der Waals surface area contributed by atoms with Crippen LogP contribution in [0.15, 0.2) is 52.9 Å². The highest BCUT2D eigenvalue weighted by atomic mass is 35.5. The number of halogens is 1. The quantitative estimate of drug-likeness (QED) is 0.728. The van der Waals surface area contributed by atoms with Crippen molar-refractivity contribution in [2.24, 2.45) is 5.73 Å². The maximum Gasteiger partial charge on any atom is 0.375 e. The van der Waals surface area contributed by atoms with Gasteiger partial charge in [-0.25, -0.2) is 4.79 Å². The molecule has 0 fully saturated rings. The standard InChI is InChI=1S/C19H14ClNO4/c20-13-5-6-15-12(9-13)10-16(24-15)17(22)25-19(18(21)23)8-7-11-3-1-2-4-14(11)19/h1-6,9-10H,7-8H2,(H2,21,23). The average molecular weight is 356 g/mol. The van der Waals surface area contributed by atoms with E-state index in [0.29, 0.717) is 34.4 Å². The van der Waals surface area contributed by atoms with E-state index in [0.717, 1.165) is 5.56 Å². The fourth-order valence-electron chi connectivity index (χ4n) is 3.31. The van der Waals surface area contributed by atoms with Crippen LogP contribution in [0, 0.1) is 0 Å². The Morgan fingerprint density at radius 1 is 1.16 bits per heavy atom. The van der Waals surface area contributed by atoms with Crippen LogP contribution in [-0.4, -0.2) is 11.9 Å².